The van der Waals surface area contributed by atoms with Crippen LogP contribution in [0, 0.1) is 6.92 Å². The van der Waals surface area contributed by atoms with Crippen LogP contribution in [0.5, 0.6) is 0 Å². The van der Waals surface area contributed by atoms with E-state index in [1.54, 1.807) is 26.1 Å². The molecule has 11 nitrogen and oxygen atoms in total. The highest BCUT2D eigenvalue weighted by Gasteiger charge is 2.29. The van der Waals surface area contributed by atoms with E-state index in [9.17, 15) is 9.59 Å². The van der Waals surface area contributed by atoms with Crippen LogP contribution in [0.25, 0.3) is 11.4 Å². The number of aryl methyl sites for hydroxylation is 2. The number of nitrogens with zero attached hydrogens (tertiary/aromatic N) is 5. The van der Waals surface area contributed by atoms with Gasteiger partial charge < -0.3 is 14.8 Å². The third kappa shape index (κ3) is 3.41. The fourth-order valence-corrected chi connectivity index (χ4v) is 2.69. The van der Waals surface area contributed by atoms with Crippen LogP contribution in [0.3, 0.4) is 0 Å². The van der Waals surface area contributed by atoms with Crippen LogP contribution in [0.15, 0.2) is 22.7 Å². The van der Waals surface area contributed by atoms with E-state index in [-0.39, 0.29) is 17.3 Å². The lowest BCUT2D eigenvalue weighted by molar-refractivity contribution is 0.0994. The number of pyridine rings is 1. The minimum Gasteiger partial charge on any atom is -0.465 e. The van der Waals surface area contributed by atoms with E-state index in [1.807, 2.05) is 0 Å². The Balaban J connectivity index is 1.54. The Bertz CT molecular complexity index is 1070. The van der Waals surface area contributed by atoms with Gasteiger partial charge in [-0.2, -0.15) is 0 Å². The number of oxazole rings is 1. The van der Waals surface area contributed by atoms with E-state index in [0.29, 0.717) is 28.9 Å². The molecule has 0 spiro atoms. The van der Waals surface area contributed by atoms with Crippen LogP contribution in [0.2, 0.25) is 0 Å². The second kappa shape index (κ2) is 6.76. The predicted molar refractivity (Wildman–Crippen MR) is 97.0 cm³/mol. The van der Waals surface area contributed by atoms with Crippen molar-refractivity contribution in [1.29, 1.82) is 0 Å². The summed E-state index contributed by atoms with van der Waals surface area (Å²) in [6.07, 6.45) is 2.26. The second-order valence-electron chi connectivity index (χ2n) is 6.46. The summed E-state index contributed by atoms with van der Waals surface area (Å²) in [5.41, 5.74) is 1.73. The Kier molecular flexibility index (Phi) is 4.26. The Labute approximate surface area is 158 Å². The molecule has 1 aliphatic rings. The number of hydrogen-bond acceptors (Lipinski definition) is 7. The Morgan fingerprint density at radius 3 is 2.75 bits per heavy atom. The van der Waals surface area contributed by atoms with Crippen LogP contribution < -0.4 is 10.6 Å². The average molecular weight is 383 g/mol. The van der Waals surface area contributed by atoms with Gasteiger partial charge in [0.25, 0.3) is 5.91 Å². The van der Waals surface area contributed by atoms with Crippen molar-refractivity contribution >= 4 is 23.5 Å². The van der Waals surface area contributed by atoms with Gasteiger partial charge in [-0.05, 0) is 31.9 Å². The van der Waals surface area contributed by atoms with Gasteiger partial charge in [0.2, 0.25) is 5.76 Å². The largest absolute Gasteiger partial charge is 0.465 e. The first kappa shape index (κ1) is 17.6. The summed E-state index contributed by atoms with van der Waals surface area (Å²) in [6.45, 7) is 1.72. The highest BCUT2D eigenvalue weighted by Crippen LogP contribution is 2.39. The van der Waals surface area contributed by atoms with Gasteiger partial charge in [0.05, 0.1) is 23.3 Å². The zero-order valence-corrected chi connectivity index (χ0v) is 15.1. The minimum absolute atomic E-state index is 0.146. The molecule has 1 aliphatic carbocycles. The van der Waals surface area contributed by atoms with Crippen molar-refractivity contribution in [3.63, 3.8) is 0 Å². The van der Waals surface area contributed by atoms with Gasteiger partial charge in [-0.1, -0.05) is 5.21 Å². The van der Waals surface area contributed by atoms with Gasteiger partial charge in [0, 0.05) is 13.0 Å². The number of rotatable bonds is 5. The SMILES string of the molecule is Cc1nc(-c2nnn(C)c2NC(=O)O)ccc1NC(=O)c1cnc(C2CC2)o1. The zero-order chi connectivity index (χ0) is 19.8. The molecular weight excluding hydrogens is 366 g/mol. The molecule has 3 heterocycles. The monoisotopic (exact) mass is 383 g/mol. The molecule has 0 saturated heterocycles. The van der Waals surface area contributed by atoms with Gasteiger partial charge in [-0.15, -0.1) is 5.10 Å². The van der Waals surface area contributed by atoms with E-state index in [4.69, 9.17) is 9.52 Å². The van der Waals surface area contributed by atoms with Crippen LogP contribution in [-0.4, -0.2) is 42.1 Å². The Morgan fingerprint density at radius 1 is 1.29 bits per heavy atom. The second-order valence-corrected chi connectivity index (χ2v) is 6.46. The van der Waals surface area contributed by atoms with Crippen molar-refractivity contribution in [2.24, 2.45) is 7.05 Å². The normalized spacial score (nSPS) is 13.4. The summed E-state index contributed by atoms with van der Waals surface area (Å²) in [4.78, 5) is 31.9. The van der Waals surface area contributed by atoms with Crippen molar-refractivity contribution in [3.05, 3.63) is 35.7 Å². The summed E-state index contributed by atoms with van der Waals surface area (Å²) in [5.74, 6) is 0.851. The molecule has 0 unspecified atom stereocenters. The van der Waals surface area contributed by atoms with Gasteiger partial charge in [-0.3, -0.25) is 10.1 Å². The van der Waals surface area contributed by atoms with E-state index < -0.39 is 12.0 Å². The zero-order valence-electron chi connectivity index (χ0n) is 15.1. The lowest BCUT2D eigenvalue weighted by Crippen LogP contribution is -2.13. The molecular formula is C17H17N7O4. The number of carboxylic acid groups (broad SMARTS) is 1. The van der Waals surface area contributed by atoms with Crippen molar-refractivity contribution in [1.82, 2.24) is 25.0 Å². The minimum atomic E-state index is -1.23. The first-order valence-electron chi connectivity index (χ1n) is 8.57. The van der Waals surface area contributed by atoms with Crippen LogP contribution in [-0.2, 0) is 7.05 Å². The first-order chi connectivity index (χ1) is 13.4. The van der Waals surface area contributed by atoms with Crippen LogP contribution in [0.4, 0.5) is 16.3 Å². The summed E-state index contributed by atoms with van der Waals surface area (Å²) >= 11 is 0. The molecule has 0 atom stereocenters. The molecule has 0 aromatic carbocycles. The van der Waals surface area contributed by atoms with Gasteiger partial charge in [0.15, 0.2) is 17.4 Å². The maximum Gasteiger partial charge on any atom is 0.410 e. The molecule has 3 aromatic heterocycles. The highest BCUT2D eigenvalue weighted by molar-refractivity contribution is 6.02. The number of anilines is 2. The lowest BCUT2D eigenvalue weighted by Gasteiger charge is -2.08. The van der Waals surface area contributed by atoms with Crippen molar-refractivity contribution in [2.45, 2.75) is 25.7 Å². The number of carbonyl (C=O) groups excluding carboxylic acids is 1. The van der Waals surface area contributed by atoms with E-state index in [2.05, 4.69) is 30.9 Å². The molecule has 1 fully saturated rings. The molecule has 3 aromatic rings. The van der Waals surface area contributed by atoms with Crippen molar-refractivity contribution < 1.29 is 19.1 Å². The third-order valence-electron chi connectivity index (χ3n) is 4.30. The maximum absolute atomic E-state index is 12.4. The maximum atomic E-state index is 12.4. The first-order valence-corrected chi connectivity index (χ1v) is 8.57. The number of amides is 2. The van der Waals surface area contributed by atoms with Gasteiger partial charge in [-0.25, -0.2) is 19.4 Å². The number of hydrogen-bond donors (Lipinski definition) is 3. The van der Waals surface area contributed by atoms with Crippen molar-refractivity contribution in [3.8, 4) is 11.4 Å². The molecule has 1 saturated carbocycles. The summed E-state index contributed by atoms with van der Waals surface area (Å²) in [7, 11) is 1.57. The van der Waals surface area contributed by atoms with E-state index >= 15 is 0 Å². The topological polar surface area (TPSA) is 148 Å². The Hall–Kier alpha value is -3.76. The predicted octanol–water partition coefficient (Wildman–Crippen LogP) is 2.39. The quantitative estimate of drug-likeness (QED) is 0.608. The summed E-state index contributed by atoms with van der Waals surface area (Å²) in [5, 5.41) is 21.7. The molecule has 28 heavy (non-hydrogen) atoms. The molecule has 0 aliphatic heterocycles. The standard InChI is InChI=1S/C17H17N7O4/c1-8-10(20-15(25)12-7-18-16(28-12)9-3-4-9)5-6-11(19-8)13-14(21-17(26)27)24(2)23-22-13/h5-7,9,21H,3-4H2,1-2H3,(H,20,25)(H,26,27). The summed E-state index contributed by atoms with van der Waals surface area (Å²) < 4.78 is 6.80. The molecule has 4 rings (SSSR count). The molecule has 0 radical (unpaired) electrons. The smallest absolute Gasteiger partial charge is 0.410 e. The van der Waals surface area contributed by atoms with Crippen molar-refractivity contribution in [2.75, 3.05) is 10.6 Å². The highest BCUT2D eigenvalue weighted by atomic mass is 16.4. The third-order valence-corrected chi connectivity index (χ3v) is 4.30. The van der Waals surface area contributed by atoms with Crippen LogP contribution in [0.1, 0.15) is 40.9 Å². The Morgan fingerprint density at radius 2 is 2.07 bits per heavy atom. The summed E-state index contributed by atoms with van der Waals surface area (Å²) in [6, 6.07) is 3.28. The van der Waals surface area contributed by atoms with Gasteiger partial charge in [0.1, 0.15) is 0 Å². The molecule has 3 N–H and O–H groups in total. The molecule has 11 heteroatoms. The fourth-order valence-electron chi connectivity index (χ4n) is 2.69. The fraction of sp³-hybridized carbons (Fsp3) is 0.294. The lowest BCUT2D eigenvalue weighted by atomic mass is 10.2. The van der Waals surface area contributed by atoms with E-state index in [1.165, 1.54) is 10.9 Å². The van der Waals surface area contributed by atoms with Gasteiger partial charge >= 0.3 is 6.09 Å². The molecule has 2 amide bonds. The average Bonchev–Trinajstić information content (AvgIpc) is 3.27. The molecule has 0 bridgehead atoms. The number of aromatic nitrogens is 5. The van der Waals surface area contributed by atoms with E-state index in [0.717, 1.165) is 12.8 Å². The number of carbonyl (C=O) groups is 2. The molecule has 144 valence electrons. The number of nitrogens with one attached hydrogen (secondary N) is 2. The van der Waals surface area contributed by atoms with Crippen LogP contribution >= 0.6 is 0 Å².